The van der Waals surface area contributed by atoms with Crippen LogP contribution in [0.3, 0.4) is 0 Å². The Labute approximate surface area is 124 Å². The quantitative estimate of drug-likeness (QED) is 0.655. The molecule has 0 radical (unpaired) electrons. The molecule has 0 bridgehead atoms. The number of hydrogen-bond donors (Lipinski definition) is 1. The molecule has 1 aromatic rings. The second-order valence-electron chi connectivity index (χ2n) is 6.21. The number of unbranched alkanes of at least 4 members (excludes halogenated alkanes) is 3. The van der Waals surface area contributed by atoms with E-state index in [4.69, 9.17) is 5.26 Å². The van der Waals surface area contributed by atoms with E-state index >= 15 is 0 Å². The highest BCUT2D eigenvalue weighted by molar-refractivity contribution is 5.47. The fourth-order valence-electron chi connectivity index (χ4n) is 2.28. The first kappa shape index (κ1) is 16.6. The first-order chi connectivity index (χ1) is 9.49. The molecule has 1 unspecified atom stereocenters. The fourth-order valence-corrected chi connectivity index (χ4v) is 2.28. The minimum absolute atomic E-state index is 0.412. The summed E-state index contributed by atoms with van der Waals surface area (Å²) in [6.07, 6.45) is 6.47. The molecule has 2 nitrogen and oxygen atoms in total. The van der Waals surface area contributed by atoms with Gasteiger partial charge in [0.2, 0.25) is 0 Å². The van der Waals surface area contributed by atoms with Crippen molar-refractivity contribution in [3.8, 4) is 6.07 Å². The molecule has 0 saturated heterocycles. The Hall–Kier alpha value is -1.49. The van der Waals surface area contributed by atoms with Crippen molar-refractivity contribution >= 4 is 5.69 Å². The van der Waals surface area contributed by atoms with Gasteiger partial charge in [-0.1, -0.05) is 44.7 Å². The van der Waals surface area contributed by atoms with Gasteiger partial charge in [-0.25, -0.2) is 0 Å². The van der Waals surface area contributed by atoms with Crippen LogP contribution in [-0.4, -0.2) is 6.04 Å². The summed E-state index contributed by atoms with van der Waals surface area (Å²) in [6, 6.07) is 11.1. The lowest BCUT2D eigenvalue weighted by atomic mass is 9.86. The van der Waals surface area contributed by atoms with Crippen molar-refractivity contribution in [1.82, 2.24) is 0 Å². The number of nitriles is 1. The molecule has 0 heterocycles. The first-order valence-electron chi connectivity index (χ1n) is 7.78. The SMILES string of the molecule is CCCCCCC(C)Nc1ccc(C(C)(C)C#N)cc1. The smallest absolute Gasteiger partial charge is 0.0766 e. The summed E-state index contributed by atoms with van der Waals surface area (Å²) < 4.78 is 0. The van der Waals surface area contributed by atoms with Crippen molar-refractivity contribution in [3.05, 3.63) is 29.8 Å². The summed E-state index contributed by atoms with van der Waals surface area (Å²) in [6.45, 7) is 8.38. The zero-order valence-electron chi connectivity index (χ0n) is 13.4. The van der Waals surface area contributed by atoms with Crippen LogP contribution in [0.15, 0.2) is 24.3 Å². The van der Waals surface area contributed by atoms with Crippen LogP contribution in [0.4, 0.5) is 5.69 Å². The summed E-state index contributed by atoms with van der Waals surface area (Å²) in [5.41, 5.74) is 1.80. The van der Waals surface area contributed by atoms with Crippen molar-refractivity contribution in [3.63, 3.8) is 0 Å². The van der Waals surface area contributed by atoms with Gasteiger partial charge in [-0.2, -0.15) is 5.26 Å². The van der Waals surface area contributed by atoms with Gasteiger partial charge in [0.1, 0.15) is 0 Å². The monoisotopic (exact) mass is 272 g/mol. The molecule has 0 fully saturated rings. The number of anilines is 1. The molecule has 0 amide bonds. The van der Waals surface area contributed by atoms with Gasteiger partial charge in [0.15, 0.2) is 0 Å². The van der Waals surface area contributed by atoms with Gasteiger partial charge in [0, 0.05) is 11.7 Å². The maximum absolute atomic E-state index is 9.14. The molecule has 1 N–H and O–H groups in total. The molecule has 0 aliphatic heterocycles. The molecular weight excluding hydrogens is 244 g/mol. The minimum Gasteiger partial charge on any atom is -0.383 e. The molecule has 0 saturated carbocycles. The highest BCUT2D eigenvalue weighted by Gasteiger charge is 2.19. The van der Waals surface area contributed by atoms with Crippen LogP contribution < -0.4 is 5.32 Å². The molecule has 110 valence electrons. The van der Waals surface area contributed by atoms with E-state index in [9.17, 15) is 0 Å². The minimum atomic E-state index is -0.412. The highest BCUT2D eigenvalue weighted by Crippen LogP contribution is 2.24. The Morgan fingerprint density at radius 1 is 1.15 bits per heavy atom. The van der Waals surface area contributed by atoms with Crippen LogP contribution in [0.1, 0.15) is 65.4 Å². The van der Waals surface area contributed by atoms with E-state index in [0.717, 1.165) is 11.3 Å². The molecule has 0 aliphatic rings. The Kier molecular flexibility index (Phi) is 6.58. The summed E-state index contributed by atoms with van der Waals surface area (Å²) in [5.74, 6) is 0. The summed E-state index contributed by atoms with van der Waals surface area (Å²) in [4.78, 5) is 0. The van der Waals surface area contributed by atoms with Gasteiger partial charge in [-0.3, -0.25) is 0 Å². The molecule has 0 aromatic heterocycles. The van der Waals surface area contributed by atoms with Crippen LogP contribution in [-0.2, 0) is 5.41 Å². The van der Waals surface area contributed by atoms with E-state index < -0.39 is 5.41 Å². The molecule has 1 aromatic carbocycles. The zero-order chi connectivity index (χ0) is 15.0. The van der Waals surface area contributed by atoms with Gasteiger partial charge in [0.25, 0.3) is 0 Å². The molecular formula is C18H28N2. The van der Waals surface area contributed by atoms with Crippen molar-refractivity contribution < 1.29 is 0 Å². The summed E-state index contributed by atoms with van der Waals surface area (Å²) in [7, 11) is 0. The first-order valence-corrected chi connectivity index (χ1v) is 7.78. The highest BCUT2D eigenvalue weighted by atomic mass is 14.9. The normalized spacial score (nSPS) is 12.8. The van der Waals surface area contributed by atoms with Crippen molar-refractivity contribution in [1.29, 1.82) is 5.26 Å². The Morgan fingerprint density at radius 3 is 2.35 bits per heavy atom. The lowest BCUT2D eigenvalue weighted by molar-refractivity contribution is 0.594. The van der Waals surface area contributed by atoms with E-state index in [1.54, 1.807) is 0 Å². The predicted molar refractivity (Wildman–Crippen MR) is 86.9 cm³/mol. The number of nitrogens with one attached hydrogen (secondary N) is 1. The maximum atomic E-state index is 9.14. The number of hydrogen-bond acceptors (Lipinski definition) is 2. The largest absolute Gasteiger partial charge is 0.383 e. The topological polar surface area (TPSA) is 35.8 Å². The van der Waals surface area contributed by atoms with Crippen molar-refractivity contribution in [2.75, 3.05) is 5.32 Å². The second-order valence-corrected chi connectivity index (χ2v) is 6.21. The average molecular weight is 272 g/mol. The van der Waals surface area contributed by atoms with Gasteiger partial charge >= 0.3 is 0 Å². The standard InChI is InChI=1S/C18H28N2/c1-5-6-7-8-9-15(2)20-17-12-10-16(11-13-17)18(3,4)14-19/h10-13,15,20H,5-9H2,1-4H3. The lowest BCUT2D eigenvalue weighted by Gasteiger charge is -2.18. The Balaban J connectivity index is 2.47. The number of benzene rings is 1. The van der Waals surface area contributed by atoms with E-state index in [2.05, 4.69) is 49.5 Å². The third-order valence-electron chi connectivity index (χ3n) is 3.79. The van der Waals surface area contributed by atoms with E-state index in [0.29, 0.717) is 6.04 Å². The molecule has 0 spiro atoms. The second kappa shape index (κ2) is 7.94. The third-order valence-corrected chi connectivity index (χ3v) is 3.79. The van der Waals surface area contributed by atoms with Gasteiger partial charge in [-0.05, 0) is 44.9 Å². The van der Waals surface area contributed by atoms with Crippen molar-refractivity contribution in [2.24, 2.45) is 0 Å². The molecule has 20 heavy (non-hydrogen) atoms. The number of rotatable bonds is 8. The van der Waals surface area contributed by atoms with E-state index in [1.807, 2.05) is 13.8 Å². The van der Waals surface area contributed by atoms with Crippen LogP contribution in [0, 0.1) is 11.3 Å². The molecule has 0 aliphatic carbocycles. The van der Waals surface area contributed by atoms with Crippen LogP contribution in [0.2, 0.25) is 0 Å². The summed E-state index contributed by atoms with van der Waals surface area (Å²) >= 11 is 0. The average Bonchev–Trinajstić information content (AvgIpc) is 2.44. The number of nitrogens with zero attached hydrogens (tertiary/aromatic N) is 1. The molecule has 1 atom stereocenters. The predicted octanol–water partition coefficient (Wildman–Crippen LogP) is 5.26. The zero-order valence-corrected chi connectivity index (χ0v) is 13.4. The summed E-state index contributed by atoms with van der Waals surface area (Å²) in [5, 5.41) is 12.7. The van der Waals surface area contributed by atoms with Crippen molar-refractivity contribution in [2.45, 2.75) is 71.3 Å². The third kappa shape index (κ3) is 5.25. The van der Waals surface area contributed by atoms with Gasteiger partial charge in [0.05, 0.1) is 11.5 Å². The van der Waals surface area contributed by atoms with Gasteiger partial charge in [-0.15, -0.1) is 0 Å². The van der Waals surface area contributed by atoms with Crippen LogP contribution in [0.5, 0.6) is 0 Å². The van der Waals surface area contributed by atoms with E-state index in [1.165, 1.54) is 32.1 Å². The van der Waals surface area contributed by atoms with Gasteiger partial charge < -0.3 is 5.32 Å². The van der Waals surface area contributed by atoms with Crippen LogP contribution in [0.25, 0.3) is 0 Å². The molecule has 2 heteroatoms. The molecule has 1 rings (SSSR count). The lowest BCUT2D eigenvalue weighted by Crippen LogP contribution is -2.16. The fraction of sp³-hybridized carbons (Fsp3) is 0.611. The Bertz CT molecular complexity index is 426. The van der Waals surface area contributed by atoms with Crippen LogP contribution >= 0.6 is 0 Å². The van der Waals surface area contributed by atoms with E-state index in [-0.39, 0.29) is 0 Å². The Morgan fingerprint density at radius 2 is 1.80 bits per heavy atom. The maximum Gasteiger partial charge on any atom is 0.0766 e.